The van der Waals surface area contributed by atoms with Gasteiger partial charge in [-0.05, 0) is 35.7 Å². The van der Waals surface area contributed by atoms with Crippen LogP contribution in [-0.2, 0) is 4.79 Å². The minimum Gasteiger partial charge on any atom is -0.497 e. The molecule has 6 heteroatoms. The molecule has 0 bridgehead atoms. The van der Waals surface area contributed by atoms with Gasteiger partial charge in [-0.1, -0.05) is 36.4 Å². The van der Waals surface area contributed by atoms with Gasteiger partial charge in [-0.25, -0.2) is 4.98 Å². The number of rotatable bonds is 6. The maximum absolute atomic E-state index is 12.3. The highest BCUT2D eigenvalue weighted by Crippen LogP contribution is 2.27. The molecule has 4 aromatic rings. The molecule has 0 aliphatic rings. The van der Waals surface area contributed by atoms with Crippen LogP contribution in [-0.4, -0.2) is 24.6 Å². The first kappa shape index (κ1) is 18.0. The number of benzene rings is 3. The number of amides is 1. The number of fused-ring (bicyclic) bond motifs is 1. The lowest BCUT2D eigenvalue weighted by Gasteiger charge is -2.08. The van der Waals surface area contributed by atoms with Crippen molar-refractivity contribution in [3.05, 3.63) is 72.1 Å². The monoisotopic (exact) mass is 390 g/mol. The summed E-state index contributed by atoms with van der Waals surface area (Å²) in [7, 11) is 1.63. The fraction of sp³-hybridized carbons (Fsp3) is 0.0909. The van der Waals surface area contributed by atoms with Crippen molar-refractivity contribution in [1.29, 1.82) is 0 Å². The van der Waals surface area contributed by atoms with E-state index >= 15 is 0 Å². The molecule has 0 unspecified atom stereocenters. The third-order valence-corrected chi connectivity index (χ3v) is 5.00. The fourth-order valence-electron chi connectivity index (χ4n) is 2.85. The molecule has 0 saturated carbocycles. The normalized spacial score (nSPS) is 10.6. The summed E-state index contributed by atoms with van der Waals surface area (Å²) in [5.41, 5.74) is 1.77. The molecule has 1 aromatic heterocycles. The zero-order valence-corrected chi connectivity index (χ0v) is 16.0. The summed E-state index contributed by atoms with van der Waals surface area (Å²) in [5, 5.41) is 7.29. The molecule has 0 atom stereocenters. The summed E-state index contributed by atoms with van der Waals surface area (Å²) >= 11 is 1.38. The number of hydrogen-bond donors (Lipinski definition) is 1. The van der Waals surface area contributed by atoms with Gasteiger partial charge in [0.2, 0.25) is 0 Å². The van der Waals surface area contributed by atoms with Crippen LogP contribution in [0.15, 0.2) is 72.1 Å². The number of methoxy groups -OCH3 is 1. The molecular formula is C22H18N2O3S. The Morgan fingerprint density at radius 1 is 1.04 bits per heavy atom. The minimum absolute atomic E-state index is 0.0779. The quantitative estimate of drug-likeness (QED) is 0.504. The summed E-state index contributed by atoms with van der Waals surface area (Å²) in [4.78, 5) is 16.7. The van der Waals surface area contributed by atoms with Crippen molar-refractivity contribution in [2.45, 2.75) is 0 Å². The Morgan fingerprint density at radius 2 is 1.82 bits per heavy atom. The first-order valence-corrected chi connectivity index (χ1v) is 9.61. The number of thiazole rings is 1. The molecule has 28 heavy (non-hydrogen) atoms. The zero-order chi connectivity index (χ0) is 19.3. The smallest absolute Gasteiger partial charge is 0.264 e. The number of aromatic nitrogens is 1. The van der Waals surface area contributed by atoms with E-state index in [1.165, 1.54) is 11.3 Å². The van der Waals surface area contributed by atoms with E-state index in [0.29, 0.717) is 10.9 Å². The number of carbonyl (C=O) groups is 1. The number of ether oxygens (including phenoxy) is 2. The van der Waals surface area contributed by atoms with Crippen LogP contribution in [0.4, 0.5) is 5.13 Å². The predicted octanol–water partition coefficient (Wildman–Crippen LogP) is 4.99. The SMILES string of the molecule is COc1ccc(-c2csc(NC(=O)COc3cccc4ccccc34)n2)cc1. The van der Waals surface area contributed by atoms with E-state index in [9.17, 15) is 4.79 Å². The number of nitrogens with one attached hydrogen (secondary N) is 1. The van der Waals surface area contributed by atoms with Gasteiger partial charge in [0.25, 0.3) is 5.91 Å². The van der Waals surface area contributed by atoms with E-state index in [-0.39, 0.29) is 12.5 Å². The van der Waals surface area contributed by atoms with Crippen LogP contribution < -0.4 is 14.8 Å². The van der Waals surface area contributed by atoms with Gasteiger partial charge in [-0.2, -0.15) is 0 Å². The molecule has 1 amide bonds. The molecule has 0 saturated heterocycles. The van der Waals surface area contributed by atoms with Gasteiger partial charge in [-0.15, -0.1) is 11.3 Å². The number of carbonyl (C=O) groups excluding carboxylic acids is 1. The topological polar surface area (TPSA) is 60.5 Å². The fourth-order valence-corrected chi connectivity index (χ4v) is 3.58. The van der Waals surface area contributed by atoms with Gasteiger partial charge in [-0.3, -0.25) is 10.1 Å². The third-order valence-electron chi connectivity index (χ3n) is 4.24. The molecule has 5 nitrogen and oxygen atoms in total. The van der Waals surface area contributed by atoms with Gasteiger partial charge in [0.15, 0.2) is 11.7 Å². The summed E-state index contributed by atoms with van der Waals surface area (Å²) in [6, 6.07) is 21.3. The lowest BCUT2D eigenvalue weighted by Crippen LogP contribution is -2.20. The van der Waals surface area contributed by atoms with Crippen LogP contribution in [0.2, 0.25) is 0 Å². The van der Waals surface area contributed by atoms with Crippen LogP contribution in [0.1, 0.15) is 0 Å². The van der Waals surface area contributed by atoms with Gasteiger partial charge >= 0.3 is 0 Å². The van der Waals surface area contributed by atoms with Crippen molar-refractivity contribution in [1.82, 2.24) is 4.98 Å². The first-order chi connectivity index (χ1) is 13.7. The number of nitrogens with zero attached hydrogens (tertiary/aromatic N) is 1. The van der Waals surface area contributed by atoms with E-state index in [0.717, 1.165) is 27.8 Å². The van der Waals surface area contributed by atoms with Gasteiger partial charge in [0.05, 0.1) is 12.8 Å². The summed E-state index contributed by atoms with van der Waals surface area (Å²) < 4.78 is 10.9. The predicted molar refractivity (Wildman–Crippen MR) is 112 cm³/mol. The summed E-state index contributed by atoms with van der Waals surface area (Å²) in [6.07, 6.45) is 0. The maximum atomic E-state index is 12.3. The van der Waals surface area contributed by atoms with Crippen LogP contribution in [0.3, 0.4) is 0 Å². The number of hydrogen-bond acceptors (Lipinski definition) is 5. The summed E-state index contributed by atoms with van der Waals surface area (Å²) in [6.45, 7) is -0.0779. The molecule has 1 heterocycles. The molecule has 0 aliphatic carbocycles. The Morgan fingerprint density at radius 3 is 2.64 bits per heavy atom. The molecule has 0 radical (unpaired) electrons. The van der Waals surface area contributed by atoms with E-state index in [1.54, 1.807) is 7.11 Å². The maximum Gasteiger partial charge on any atom is 0.264 e. The lowest BCUT2D eigenvalue weighted by molar-refractivity contribution is -0.118. The standard InChI is InChI=1S/C22H18N2O3S/c1-26-17-11-9-16(10-12-17)19-14-28-22(23-19)24-21(25)13-27-20-8-4-6-15-5-2-3-7-18(15)20/h2-12,14H,13H2,1H3,(H,23,24,25). The van der Waals surface area contributed by atoms with E-state index in [1.807, 2.05) is 72.1 Å². The Kier molecular flexibility index (Phi) is 5.21. The van der Waals surface area contributed by atoms with Crippen molar-refractivity contribution < 1.29 is 14.3 Å². The van der Waals surface area contributed by atoms with Gasteiger partial charge < -0.3 is 9.47 Å². The average molecular weight is 390 g/mol. The first-order valence-electron chi connectivity index (χ1n) is 8.73. The van der Waals surface area contributed by atoms with Crippen LogP contribution in [0, 0.1) is 0 Å². The van der Waals surface area contributed by atoms with Crippen LogP contribution in [0.5, 0.6) is 11.5 Å². The zero-order valence-electron chi connectivity index (χ0n) is 15.2. The molecule has 1 N–H and O–H groups in total. The van der Waals surface area contributed by atoms with E-state index in [4.69, 9.17) is 9.47 Å². The Hall–Kier alpha value is -3.38. The van der Waals surface area contributed by atoms with Crippen molar-refractivity contribution in [3.8, 4) is 22.8 Å². The third kappa shape index (κ3) is 3.97. The molecule has 0 spiro atoms. The lowest BCUT2D eigenvalue weighted by atomic mass is 10.1. The highest BCUT2D eigenvalue weighted by atomic mass is 32.1. The number of anilines is 1. The van der Waals surface area contributed by atoms with Crippen molar-refractivity contribution in [2.75, 3.05) is 19.0 Å². The molecule has 4 rings (SSSR count). The molecule has 0 fully saturated rings. The average Bonchev–Trinajstić information content (AvgIpc) is 3.20. The van der Waals surface area contributed by atoms with Crippen molar-refractivity contribution in [2.24, 2.45) is 0 Å². The van der Waals surface area contributed by atoms with E-state index < -0.39 is 0 Å². The Labute approximate surface area is 166 Å². The van der Waals surface area contributed by atoms with Crippen LogP contribution >= 0.6 is 11.3 Å². The second-order valence-electron chi connectivity index (χ2n) is 6.08. The minimum atomic E-state index is -0.247. The highest BCUT2D eigenvalue weighted by Gasteiger charge is 2.10. The van der Waals surface area contributed by atoms with Crippen molar-refractivity contribution >= 4 is 33.1 Å². The second-order valence-corrected chi connectivity index (χ2v) is 6.94. The summed E-state index contributed by atoms with van der Waals surface area (Å²) in [5.74, 6) is 1.23. The molecule has 0 aliphatic heterocycles. The van der Waals surface area contributed by atoms with Crippen molar-refractivity contribution in [3.63, 3.8) is 0 Å². The largest absolute Gasteiger partial charge is 0.497 e. The van der Waals surface area contributed by atoms with Gasteiger partial charge in [0, 0.05) is 16.3 Å². The molecule has 3 aromatic carbocycles. The highest BCUT2D eigenvalue weighted by molar-refractivity contribution is 7.14. The van der Waals surface area contributed by atoms with Gasteiger partial charge in [0.1, 0.15) is 11.5 Å². The molecular weight excluding hydrogens is 372 g/mol. The van der Waals surface area contributed by atoms with Crippen LogP contribution in [0.25, 0.3) is 22.0 Å². The molecule has 140 valence electrons. The van der Waals surface area contributed by atoms with E-state index in [2.05, 4.69) is 10.3 Å². The Bertz CT molecular complexity index is 1100. The Balaban J connectivity index is 1.39. The second kappa shape index (κ2) is 8.10.